The Bertz CT molecular complexity index is 2240. The topological polar surface area (TPSA) is 119 Å². The van der Waals surface area contributed by atoms with Gasteiger partial charge in [-0.2, -0.15) is 0 Å². The van der Waals surface area contributed by atoms with E-state index in [1.807, 2.05) is 36.6 Å². The van der Waals surface area contributed by atoms with Crippen LogP contribution in [-0.2, 0) is 9.59 Å². The monoisotopic (exact) mass is 714 g/mol. The molecule has 0 saturated carbocycles. The molecule has 11 heteroatoms. The summed E-state index contributed by atoms with van der Waals surface area (Å²) in [7, 11) is 3.06. The molecule has 5 aromatic carbocycles. The second kappa shape index (κ2) is 16.2. The molecule has 0 fully saturated rings. The number of hydrogen-bond donors (Lipinski definition) is 3. The fourth-order valence-electron chi connectivity index (χ4n) is 5.16. The van der Waals surface area contributed by atoms with Crippen LogP contribution in [0.1, 0.15) is 22.8 Å². The Hall–Kier alpha value is -5.91. The molecule has 0 radical (unpaired) electrons. The Labute approximate surface area is 303 Å². The molecule has 0 saturated heterocycles. The number of carbonyl (C=O) groups excluding carboxylic acids is 3. The van der Waals surface area contributed by atoms with Gasteiger partial charge >= 0.3 is 0 Å². The summed E-state index contributed by atoms with van der Waals surface area (Å²) < 4.78 is 10.8. The van der Waals surface area contributed by atoms with Gasteiger partial charge in [0.25, 0.3) is 11.8 Å². The summed E-state index contributed by atoms with van der Waals surface area (Å²) in [6.45, 7) is 1.81. The first kappa shape index (κ1) is 34.9. The van der Waals surface area contributed by atoms with Crippen LogP contribution in [0.25, 0.3) is 28.1 Å². The first-order valence-electron chi connectivity index (χ1n) is 15.9. The molecule has 1 aromatic heterocycles. The van der Waals surface area contributed by atoms with E-state index in [2.05, 4.69) is 45.2 Å². The summed E-state index contributed by atoms with van der Waals surface area (Å²) in [6.07, 6.45) is 1.55. The fourth-order valence-corrected chi connectivity index (χ4v) is 6.81. The number of thioether (sulfide) groups is 1. The van der Waals surface area contributed by atoms with Gasteiger partial charge in [0.15, 0.2) is 5.13 Å². The lowest BCUT2D eigenvalue weighted by molar-refractivity contribution is -0.115. The van der Waals surface area contributed by atoms with Gasteiger partial charge in [-0.05, 0) is 72.3 Å². The van der Waals surface area contributed by atoms with Crippen LogP contribution in [0, 0.1) is 0 Å². The molecule has 0 bridgehead atoms. The zero-order valence-electron chi connectivity index (χ0n) is 28.0. The number of rotatable bonds is 12. The molecule has 3 N–H and O–H groups in total. The third kappa shape index (κ3) is 8.82. The van der Waals surface area contributed by atoms with Crippen LogP contribution < -0.4 is 25.4 Å². The van der Waals surface area contributed by atoms with E-state index in [0.717, 1.165) is 26.9 Å². The number of thiazole rings is 1. The number of methoxy groups -OCH3 is 2. The molecule has 51 heavy (non-hydrogen) atoms. The van der Waals surface area contributed by atoms with Crippen molar-refractivity contribution in [3.63, 3.8) is 0 Å². The van der Waals surface area contributed by atoms with Gasteiger partial charge in [0.1, 0.15) is 17.2 Å². The van der Waals surface area contributed by atoms with E-state index in [-0.39, 0.29) is 11.6 Å². The molecule has 0 aliphatic rings. The van der Waals surface area contributed by atoms with Crippen LogP contribution in [-0.4, -0.2) is 42.2 Å². The Morgan fingerprint density at radius 3 is 2.37 bits per heavy atom. The maximum atomic E-state index is 13.7. The maximum absolute atomic E-state index is 13.7. The third-order valence-corrected chi connectivity index (χ3v) is 9.67. The molecule has 3 amide bonds. The predicted octanol–water partition coefficient (Wildman–Crippen LogP) is 8.51. The largest absolute Gasteiger partial charge is 0.497 e. The number of benzene rings is 5. The highest BCUT2D eigenvalue weighted by molar-refractivity contribution is 8.00. The van der Waals surface area contributed by atoms with Crippen molar-refractivity contribution in [2.24, 2.45) is 0 Å². The minimum atomic E-state index is -0.545. The first-order chi connectivity index (χ1) is 24.8. The van der Waals surface area contributed by atoms with Crippen LogP contribution in [0.4, 0.5) is 10.8 Å². The number of amides is 3. The van der Waals surface area contributed by atoms with Gasteiger partial charge in [-0.25, -0.2) is 4.98 Å². The van der Waals surface area contributed by atoms with E-state index in [9.17, 15) is 14.4 Å². The number of carbonyl (C=O) groups is 3. The van der Waals surface area contributed by atoms with Crippen molar-refractivity contribution in [3.05, 3.63) is 137 Å². The van der Waals surface area contributed by atoms with Crippen molar-refractivity contribution in [1.82, 2.24) is 10.3 Å². The lowest BCUT2D eigenvalue weighted by Gasteiger charge is -2.14. The fraction of sp³-hybridized carbons (Fsp3) is 0.100. The summed E-state index contributed by atoms with van der Waals surface area (Å²) in [5, 5.41) is 12.8. The van der Waals surface area contributed by atoms with Gasteiger partial charge in [0, 0.05) is 38.7 Å². The minimum absolute atomic E-state index is 0.00429. The van der Waals surface area contributed by atoms with E-state index >= 15 is 0 Å². The molecule has 6 aromatic rings. The van der Waals surface area contributed by atoms with Gasteiger partial charge in [-0.15, -0.1) is 23.1 Å². The third-order valence-electron chi connectivity index (χ3n) is 7.82. The van der Waals surface area contributed by atoms with Crippen molar-refractivity contribution in [2.45, 2.75) is 17.1 Å². The second-order valence-electron chi connectivity index (χ2n) is 11.3. The van der Waals surface area contributed by atoms with Gasteiger partial charge in [-0.1, -0.05) is 60.7 Å². The van der Waals surface area contributed by atoms with E-state index in [1.54, 1.807) is 79.9 Å². The van der Waals surface area contributed by atoms with Crippen LogP contribution in [0.5, 0.6) is 11.5 Å². The van der Waals surface area contributed by atoms with Gasteiger partial charge in [0.2, 0.25) is 5.91 Å². The standard InChI is InChI=1S/C40H34N4O5S2/c1-25(37(45)44-40-43-35(24-50-40)29-17-16-26-10-7-8-13-28(26)20-29)51-33-15-9-14-31(22-33)41-39(47)34(42-38(46)27-11-5-4-6-12-27)21-30-18-19-32(48-2)23-36(30)49-3/h4-25H,1-3H3,(H,41,47)(H,42,46)(H,43,44,45)/b34-21+. The van der Waals surface area contributed by atoms with Gasteiger partial charge in [-0.3, -0.25) is 14.4 Å². The summed E-state index contributed by atoms with van der Waals surface area (Å²) in [4.78, 5) is 45.4. The number of fused-ring (bicyclic) bond motifs is 1. The Kier molecular flexibility index (Phi) is 11.1. The molecule has 6 rings (SSSR count). The average Bonchev–Trinajstić information content (AvgIpc) is 3.63. The predicted molar refractivity (Wildman–Crippen MR) is 206 cm³/mol. The highest BCUT2D eigenvalue weighted by Crippen LogP contribution is 2.31. The molecule has 1 unspecified atom stereocenters. The number of ether oxygens (including phenoxy) is 2. The highest BCUT2D eigenvalue weighted by Gasteiger charge is 2.19. The normalized spacial score (nSPS) is 11.8. The maximum Gasteiger partial charge on any atom is 0.272 e. The molecular weight excluding hydrogens is 681 g/mol. The van der Waals surface area contributed by atoms with E-state index in [1.165, 1.54) is 30.2 Å². The second-order valence-corrected chi connectivity index (χ2v) is 13.6. The lowest BCUT2D eigenvalue weighted by atomic mass is 10.1. The summed E-state index contributed by atoms with van der Waals surface area (Å²) in [6, 6.07) is 35.3. The molecule has 0 aliphatic heterocycles. The van der Waals surface area contributed by atoms with Crippen LogP contribution in [0.3, 0.4) is 0 Å². The SMILES string of the molecule is COc1ccc(/C=C(/NC(=O)c2ccccc2)C(=O)Nc2cccc(SC(C)C(=O)Nc3nc(-c4ccc5ccccc5c4)cs3)c2)c(OC)c1. The van der Waals surface area contributed by atoms with E-state index in [4.69, 9.17) is 9.47 Å². The molecule has 256 valence electrons. The highest BCUT2D eigenvalue weighted by atomic mass is 32.2. The molecule has 9 nitrogen and oxygen atoms in total. The van der Waals surface area contributed by atoms with Crippen molar-refractivity contribution in [3.8, 4) is 22.8 Å². The quantitative estimate of drug-likeness (QED) is 0.0859. The van der Waals surface area contributed by atoms with Crippen LogP contribution >= 0.6 is 23.1 Å². The number of aromatic nitrogens is 1. The van der Waals surface area contributed by atoms with Crippen molar-refractivity contribution >= 4 is 68.5 Å². The van der Waals surface area contributed by atoms with Crippen LogP contribution in [0.2, 0.25) is 0 Å². The molecule has 1 heterocycles. The summed E-state index contributed by atoms with van der Waals surface area (Å²) in [5.41, 5.74) is 3.22. The van der Waals surface area contributed by atoms with Crippen molar-refractivity contribution < 1.29 is 23.9 Å². The minimum Gasteiger partial charge on any atom is -0.497 e. The number of nitrogens with zero attached hydrogens (tertiary/aromatic N) is 1. The zero-order valence-corrected chi connectivity index (χ0v) is 29.6. The first-order valence-corrected chi connectivity index (χ1v) is 17.7. The molecule has 1 atom stereocenters. The number of nitrogens with one attached hydrogen (secondary N) is 3. The molecule has 0 aliphatic carbocycles. The summed E-state index contributed by atoms with van der Waals surface area (Å²) in [5.74, 6) is -0.148. The van der Waals surface area contributed by atoms with Gasteiger partial charge < -0.3 is 25.4 Å². The zero-order chi connectivity index (χ0) is 35.7. The number of hydrogen-bond acceptors (Lipinski definition) is 8. The molecular formula is C40H34N4O5S2. The van der Waals surface area contributed by atoms with E-state index < -0.39 is 17.1 Å². The Balaban J connectivity index is 1.14. The summed E-state index contributed by atoms with van der Waals surface area (Å²) >= 11 is 2.72. The average molecular weight is 715 g/mol. The molecule has 0 spiro atoms. The van der Waals surface area contributed by atoms with Crippen molar-refractivity contribution in [1.29, 1.82) is 0 Å². The van der Waals surface area contributed by atoms with Crippen LogP contribution in [0.15, 0.2) is 131 Å². The lowest BCUT2D eigenvalue weighted by Crippen LogP contribution is -2.30. The smallest absolute Gasteiger partial charge is 0.272 e. The van der Waals surface area contributed by atoms with Crippen molar-refractivity contribution in [2.75, 3.05) is 24.9 Å². The van der Waals surface area contributed by atoms with Gasteiger partial charge in [0.05, 0.1) is 25.2 Å². The Morgan fingerprint density at radius 1 is 0.804 bits per heavy atom. The Morgan fingerprint density at radius 2 is 1.59 bits per heavy atom. The number of anilines is 2. The van der Waals surface area contributed by atoms with E-state index in [0.29, 0.717) is 33.4 Å².